The van der Waals surface area contributed by atoms with E-state index in [1.54, 1.807) is 28.6 Å². The molecule has 0 radical (unpaired) electrons. The average Bonchev–Trinajstić information content (AvgIpc) is 3.32. The number of ether oxygens (including phenoxy) is 1. The Bertz CT molecular complexity index is 683. The van der Waals surface area contributed by atoms with Crippen LogP contribution < -0.4 is 10.6 Å². The number of hydrogen-bond acceptors (Lipinski definition) is 6. The van der Waals surface area contributed by atoms with E-state index in [1.807, 2.05) is 0 Å². The molecule has 1 aromatic heterocycles. The molecule has 0 unspecified atom stereocenters. The Morgan fingerprint density at radius 3 is 2.74 bits per heavy atom. The number of nitrogen functional groups attached to an aromatic ring is 1. The van der Waals surface area contributed by atoms with Crippen molar-refractivity contribution in [1.29, 1.82) is 0 Å². The zero-order valence-electron chi connectivity index (χ0n) is 12.5. The van der Waals surface area contributed by atoms with E-state index >= 15 is 0 Å². The SMILES string of the molecule is Nn1c(SCCCOc2ccc(C(=O)O)cc2)nnc1C1CC1. The van der Waals surface area contributed by atoms with Crippen LogP contribution in [0.3, 0.4) is 0 Å². The summed E-state index contributed by atoms with van der Waals surface area (Å²) in [6.07, 6.45) is 3.12. The highest BCUT2D eigenvalue weighted by Crippen LogP contribution is 2.39. The number of rotatable bonds is 8. The van der Waals surface area contributed by atoms with Gasteiger partial charge in [-0.15, -0.1) is 10.2 Å². The van der Waals surface area contributed by atoms with Crippen molar-refractivity contribution in [2.24, 2.45) is 0 Å². The van der Waals surface area contributed by atoms with Crippen molar-refractivity contribution in [2.75, 3.05) is 18.2 Å². The van der Waals surface area contributed by atoms with Crippen molar-refractivity contribution < 1.29 is 14.6 Å². The summed E-state index contributed by atoms with van der Waals surface area (Å²) in [6.45, 7) is 0.549. The molecule has 0 saturated heterocycles. The summed E-state index contributed by atoms with van der Waals surface area (Å²) in [4.78, 5) is 10.8. The fourth-order valence-electron chi connectivity index (χ4n) is 2.11. The summed E-state index contributed by atoms with van der Waals surface area (Å²) in [5.41, 5.74) is 0.252. The van der Waals surface area contributed by atoms with Gasteiger partial charge >= 0.3 is 5.97 Å². The van der Waals surface area contributed by atoms with Crippen LogP contribution in [0.2, 0.25) is 0 Å². The predicted molar refractivity (Wildman–Crippen MR) is 86.4 cm³/mol. The number of hydrogen-bond donors (Lipinski definition) is 2. The minimum absolute atomic E-state index is 0.252. The molecule has 23 heavy (non-hydrogen) atoms. The standard InChI is InChI=1S/C15H18N4O3S/c16-19-13(10-2-3-10)17-18-15(19)23-9-1-8-22-12-6-4-11(5-7-12)14(20)21/h4-7,10H,1-3,8-9,16H2,(H,20,21). The van der Waals surface area contributed by atoms with Gasteiger partial charge in [0, 0.05) is 11.7 Å². The van der Waals surface area contributed by atoms with Crippen molar-refractivity contribution >= 4 is 17.7 Å². The van der Waals surface area contributed by atoms with E-state index in [0.29, 0.717) is 18.3 Å². The second-order valence-electron chi connectivity index (χ2n) is 5.37. The molecule has 8 heteroatoms. The highest BCUT2D eigenvalue weighted by atomic mass is 32.2. The Hall–Kier alpha value is -2.22. The Morgan fingerprint density at radius 1 is 1.35 bits per heavy atom. The molecule has 1 fully saturated rings. The highest BCUT2D eigenvalue weighted by Gasteiger charge is 2.29. The summed E-state index contributed by atoms with van der Waals surface area (Å²) >= 11 is 1.56. The molecular formula is C15H18N4O3S. The Morgan fingerprint density at radius 2 is 2.09 bits per heavy atom. The van der Waals surface area contributed by atoms with Crippen LogP contribution in [0.15, 0.2) is 29.4 Å². The smallest absolute Gasteiger partial charge is 0.335 e. The molecule has 1 aliphatic rings. The first-order valence-corrected chi connectivity index (χ1v) is 8.43. The van der Waals surface area contributed by atoms with Crippen molar-refractivity contribution in [3.63, 3.8) is 0 Å². The summed E-state index contributed by atoms with van der Waals surface area (Å²) in [6, 6.07) is 6.38. The van der Waals surface area contributed by atoms with Crippen LogP contribution in [-0.4, -0.2) is 38.3 Å². The molecule has 0 aliphatic heterocycles. The van der Waals surface area contributed by atoms with Crippen LogP contribution in [0.25, 0.3) is 0 Å². The molecule has 2 aromatic rings. The molecule has 3 N–H and O–H groups in total. The van der Waals surface area contributed by atoms with E-state index in [4.69, 9.17) is 15.7 Å². The topological polar surface area (TPSA) is 103 Å². The lowest BCUT2D eigenvalue weighted by Crippen LogP contribution is -2.13. The molecule has 1 aromatic carbocycles. The number of benzene rings is 1. The molecule has 0 spiro atoms. The lowest BCUT2D eigenvalue weighted by atomic mass is 10.2. The molecule has 1 saturated carbocycles. The van der Waals surface area contributed by atoms with Crippen LogP contribution in [0.1, 0.15) is 41.4 Å². The molecule has 0 atom stereocenters. The van der Waals surface area contributed by atoms with Gasteiger partial charge in [0.1, 0.15) is 5.75 Å². The summed E-state index contributed by atoms with van der Waals surface area (Å²) in [5, 5.41) is 17.8. The van der Waals surface area contributed by atoms with Crippen LogP contribution in [-0.2, 0) is 0 Å². The van der Waals surface area contributed by atoms with Gasteiger partial charge in [-0.3, -0.25) is 0 Å². The predicted octanol–water partition coefficient (Wildman–Crippen LogP) is 2.13. The molecule has 0 bridgehead atoms. The van der Waals surface area contributed by atoms with Crippen LogP contribution in [0.4, 0.5) is 0 Å². The van der Waals surface area contributed by atoms with E-state index in [2.05, 4.69) is 10.2 Å². The third-order valence-corrected chi connectivity index (χ3v) is 4.55. The van der Waals surface area contributed by atoms with Crippen LogP contribution in [0, 0.1) is 0 Å². The number of carbonyl (C=O) groups is 1. The Labute approximate surface area is 137 Å². The van der Waals surface area contributed by atoms with E-state index in [-0.39, 0.29) is 5.56 Å². The fraction of sp³-hybridized carbons (Fsp3) is 0.400. The first-order valence-electron chi connectivity index (χ1n) is 7.44. The van der Waals surface area contributed by atoms with Gasteiger partial charge in [-0.25, -0.2) is 9.47 Å². The third kappa shape index (κ3) is 3.95. The maximum atomic E-state index is 10.8. The van der Waals surface area contributed by atoms with E-state index < -0.39 is 5.97 Å². The number of aromatic nitrogens is 3. The first-order chi connectivity index (χ1) is 11.1. The van der Waals surface area contributed by atoms with E-state index in [9.17, 15) is 4.79 Å². The van der Waals surface area contributed by atoms with Gasteiger partial charge < -0.3 is 15.7 Å². The second-order valence-corrected chi connectivity index (χ2v) is 6.43. The summed E-state index contributed by atoms with van der Waals surface area (Å²) in [5.74, 6) is 7.89. The van der Waals surface area contributed by atoms with Crippen molar-refractivity contribution in [3.05, 3.63) is 35.7 Å². The number of nitrogens with two attached hydrogens (primary N) is 1. The van der Waals surface area contributed by atoms with Gasteiger partial charge in [-0.05, 0) is 43.5 Å². The summed E-state index contributed by atoms with van der Waals surface area (Å²) < 4.78 is 7.17. The molecule has 7 nitrogen and oxygen atoms in total. The summed E-state index contributed by atoms with van der Waals surface area (Å²) in [7, 11) is 0. The Balaban J connectivity index is 1.39. The minimum Gasteiger partial charge on any atom is -0.494 e. The maximum absolute atomic E-state index is 10.8. The fourth-order valence-corrected chi connectivity index (χ4v) is 2.89. The highest BCUT2D eigenvalue weighted by molar-refractivity contribution is 7.99. The van der Waals surface area contributed by atoms with Gasteiger partial charge in [0.25, 0.3) is 0 Å². The van der Waals surface area contributed by atoms with Crippen molar-refractivity contribution in [1.82, 2.24) is 14.9 Å². The van der Waals surface area contributed by atoms with Gasteiger partial charge in [0.15, 0.2) is 5.82 Å². The first kappa shape index (κ1) is 15.7. The lowest BCUT2D eigenvalue weighted by Gasteiger charge is -2.06. The maximum Gasteiger partial charge on any atom is 0.335 e. The average molecular weight is 334 g/mol. The van der Waals surface area contributed by atoms with Crippen molar-refractivity contribution in [3.8, 4) is 5.75 Å². The number of carboxylic acids is 1. The van der Waals surface area contributed by atoms with Crippen LogP contribution in [0.5, 0.6) is 5.75 Å². The molecule has 1 heterocycles. The molecule has 122 valence electrons. The largest absolute Gasteiger partial charge is 0.494 e. The van der Waals surface area contributed by atoms with Crippen LogP contribution >= 0.6 is 11.8 Å². The zero-order chi connectivity index (χ0) is 16.2. The molecule has 1 aliphatic carbocycles. The number of thioether (sulfide) groups is 1. The lowest BCUT2D eigenvalue weighted by molar-refractivity contribution is 0.0697. The van der Waals surface area contributed by atoms with Crippen molar-refractivity contribution in [2.45, 2.75) is 30.3 Å². The third-order valence-electron chi connectivity index (χ3n) is 3.52. The normalized spacial score (nSPS) is 13.9. The Kier molecular flexibility index (Phi) is 4.71. The monoisotopic (exact) mass is 334 g/mol. The second kappa shape index (κ2) is 6.91. The van der Waals surface area contributed by atoms with Gasteiger partial charge in [-0.2, -0.15) is 0 Å². The van der Waals surface area contributed by atoms with Gasteiger partial charge in [0.2, 0.25) is 5.16 Å². The number of aromatic carboxylic acids is 1. The van der Waals surface area contributed by atoms with E-state index in [0.717, 1.165) is 36.0 Å². The molecular weight excluding hydrogens is 316 g/mol. The molecule has 3 rings (SSSR count). The number of carboxylic acid groups (broad SMARTS) is 1. The van der Waals surface area contributed by atoms with Gasteiger partial charge in [-0.1, -0.05) is 11.8 Å². The minimum atomic E-state index is -0.940. The van der Waals surface area contributed by atoms with E-state index in [1.165, 1.54) is 12.1 Å². The number of nitrogens with zero attached hydrogens (tertiary/aromatic N) is 3. The molecule has 0 amide bonds. The zero-order valence-corrected chi connectivity index (χ0v) is 13.3. The quantitative estimate of drug-likeness (QED) is 0.433. The van der Waals surface area contributed by atoms with Gasteiger partial charge in [0.05, 0.1) is 12.2 Å².